The molecule has 102 valence electrons. The van der Waals surface area contributed by atoms with Crippen LogP contribution in [0.4, 0.5) is 0 Å². The second-order valence-corrected chi connectivity index (χ2v) is 4.15. The van der Waals surface area contributed by atoms with Crippen LogP contribution < -0.4 is 0 Å². The monoisotopic (exact) mass is 254 g/mol. The summed E-state index contributed by atoms with van der Waals surface area (Å²) in [5, 5.41) is 0. The van der Waals surface area contributed by atoms with Crippen molar-refractivity contribution in [1.29, 1.82) is 0 Å². The van der Waals surface area contributed by atoms with E-state index in [0.29, 0.717) is 0 Å². The van der Waals surface area contributed by atoms with Gasteiger partial charge in [0.25, 0.3) is 0 Å². The van der Waals surface area contributed by atoms with Crippen LogP contribution in [0.5, 0.6) is 0 Å². The molecule has 2 aromatic carbocycles. The van der Waals surface area contributed by atoms with Crippen molar-refractivity contribution < 1.29 is 0 Å². The molecule has 2 rings (SSSR count). The second-order valence-electron chi connectivity index (χ2n) is 4.15. The van der Waals surface area contributed by atoms with E-state index in [1.54, 1.807) is 6.08 Å². The summed E-state index contributed by atoms with van der Waals surface area (Å²) in [5.74, 6) is 0. The minimum absolute atomic E-state index is 1.30. The third-order valence-corrected chi connectivity index (χ3v) is 2.37. The van der Waals surface area contributed by atoms with E-state index in [-0.39, 0.29) is 0 Å². The quantitative estimate of drug-likeness (QED) is 0.532. The van der Waals surface area contributed by atoms with Crippen molar-refractivity contribution in [1.82, 2.24) is 0 Å². The van der Waals surface area contributed by atoms with Crippen LogP contribution in [-0.2, 0) is 0 Å². The van der Waals surface area contributed by atoms with Crippen molar-refractivity contribution in [3.05, 3.63) is 72.3 Å². The molecule has 0 N–H and O–H groups in total. The summed E-state index contributed by atoms with van der Waals surface area (Å²) in [5.41, 5.74) is 5.22. The Kier molecular flexibility index (Phi) is 9.16. The van der Waals surface area contributed by atoms with Crippen LogP contribution in [0, 0.1) is 13.8 Å². The van der Waals surface area contributed by atoms with E-state index in [9.17, 15) is 0 Å². The van der Waals surface area contributed by atoms with Gasteiger partial charge in [-0.05, 0) is 31.9 Å². The van der Waals surface area contributed by atoms with Crippen LogP contribution in [0.25, 0.3) is 11.1 Å². The predicted octanol–water partition coefficient (Wildman–Crippen LogP) is 6.19. The lowest BCUT2D eigenvalue weighted by atomic mass is 10.0. The van der Waals surface area contributed by atoms with Crippen molar-refractivity contribution in [2.24, 2.45) is 0 Å². The summed E-state index contributed by atoms with van der Waals surface area (Å²) in [7, 11) is 0. The Bertz CT molecular complexity index is 437. The van der Waals surface area contributed by atoms with Gasteiger partial charge in [-0.3, -0.25) is 0 Å². The minimum atomic E-state index is 1.30. The fourth-order valence-electron chi connectivity index (χ4n) is 1.65. The van der Waals surface area contributed by atoms with E-state index >= 15 is 0 Å². The molecule has 0 heteroatoms. The molecule has 0 spiro atoms. The average Bonchev–Trinajstić information content (AvgIpc) is 2.42. The second kappa shape index (κ2) is 10.1. The van der Waals surface area contributed by atoms with Crippen LogP contribution in [0.15, 0.2) is 61.2 Å². The molecule has 0 aromatic heterocycles. The van der Waals surface area contributed by atoms with E-state index < -0.39 is 0 Å². The topological polar surface area (TPSA) is 0 Å². The molecule has 0 saturated carbocycles. The number of hydrogen-bond donors (Lipinski definition) is 0. The molecule has 2 aromatic rings. The van der Waals surface area contributed by atoms with Crippen LogP contribution in [0.2, 0.25) is 0 Å². The summed E-state index contributed by atoms with van der Waals surface area (Å²) in [6.07, 6.45) is 1.75. The maximum atomic E-state index is 3.36. The van der Waals surface area contributed by atoms with Crippen molar-refractivity contribution in [3.63, 3.8) is 0 Å². The Balaban J connectivity index is 0.000000573. The summed E-state index contributed by atoms with van der Waals surface area (Å²) in [6.45, 7) is 13.5. The summed E-state index contributed by atoms with van der Waals surface area (Å²) < 4.78 is 0. The molecule has 0 amide bonds. The first-order valence-corrected chi connectivity index (χ1v) is 6.88. The molecule has 0 radical (unpaired) electrons. The van der Waals surface area contributed by atoms with Crippen molar-refractivity contribution in [3.8, 4) is 11.1 Å². The molecule has 0 unspecified atom stereocenters. The van der Waals surface area contributed by atoms with Crippen LogP contribution in [0.1, 0.15) is 31.9 Å². The molecule has 0 aliphatic rings. The third-order valence-electron chi connectivity index (χ3n) is 2.37. The first-order valence-electron chi connectivity index (χ1n) is 6.88. The molecular weight excluding hydrogens is 228 g/mol. The summed E-state index contributed by atoms with van der Waals surface area (Å²) in [4.78, 5) is 0. The predicted molar refractivity (Wildman–Crippen MR) is 88.6 cm³/mol. The summed E-state index contributed by atoms with van der Waals surface area (Å²) >= 11 is 0. The van der Waals surface area contributed by atoms with Crippen LogP contribution >= 0.6 is 0 Å². The molecule has 0 aliphatic carbocycles. The molecule has 0 nitrogen and oxygen atoms in total. The van der Waals surface area contributed by atoms with Gasteiger partial charge in [-0.1, -0.05) is 79.6 Å². The molecule has 0 fully saturated rings. The lowest BCUT2D eigenvalue weighted by molar-refractivity contribution is 1.44. The SMILES string of the molecule is C=CC.CC.Cc1cccc(-c2cccc(C)c2)c1. The minimum Gasteiger partial charge on any atom is -0.103 e. The average molecular weight is 254 g/mol. The van der Waals surface area contributed by atoms with E-state index in [2.05, 4.69) is 69.0 Å². The Morgan fingerprint density at radius 2 is 1.11 bits per heavy atom. The molecule has 0 atom stereocenters. The van der Waals surface area contributed by atoms with Gasteiger partial charge in [-0.25, -0.2) is 0 Å². The maximum absolute atomic E-state index is 3.36. The third kappa shape index (κ3) is 6.61. The highest BCUT2D eigenvalue weighted by Gasteiger charge is 1.96. The van der Waals surface area contributed by atoms with Gasteiger partial charge in [0.05, 0.1) is 0 Å². The van der Waals surface area contributed by atoms with E-state index in [1.165, 1.54) is 22.3 Å². The van der Waals surface area contributed by atoms with E-state index in [1.807, 2.05) is 20.8 Å². The fourth-order valence-corrected chi connectivity index (χ4v) is 1.65. The highest BCUT2D eigenvalue weighted by atomic mass is 14.0. The number of rotatable bonds is 1. The Hall–Kier alpha value is -1.82. The Morgan fingerprint density at radius 3 is 1.37 bits per heavy atom. The van der Waals surface area contributed by atoms with E-state index in [4.69, 9.17) is 0 Å². The maximum Gasteiger partial charge on any atom is -0.0181 e. The number of allylic oxidation sites excluding steroid dienone is 1. The molecule has 19 heavy (non-hydrogen) atoms. The zero-order valence-electron chi connectivity index (χ0n) is 12.9. The van der Waals surface area contributed by atoms with Gasteiger partial charge >= 0.3 is 0 Å². The summed E-state index contributed by atoms with van der Waals surface area (Å²) in [6, 6.07) is 17.2. The molecule has 0 bridgehead atoms. The molecule has 0 saturated heterocycles. The van der Waals surface area contributed by atoms with Gasteiger partial charge in [0.15, 0.2) is 0 Å². The fraction of sp³-hybridized carbons (Fsp3) is 0.263. The number of aryl methyl sites for hydroxylation is 2. The van der Waals surface area contributed by atoms with Crippen molar-refractivity contribution in [2.45, 2.75) is 34.6 Å². The molecule has 0 aliphatic heterocycles. The number of hydrogen-bond acceptors (Lipinski definition) is 0. The Morgan fingerprint density at radius 1 is 0.789 bits per heavy atom. The Labute approximate surface area is 118 Å². The van der Waals surface area contributed by atoms with Crippen LogP contribution in [0.3, 0.4) is 0 Å². The van der Waals surface area contributed by atoms with Gasteiger partial charge < -0.3 is 0 Å². The molecular formula is C19H26. The normalized spacial score (nSPS) is 8.47. The smallest absolute Gasteiger partial charge is 0.0181 e. The largest absolute Gasteiger partial charge is 0.103 e. The first-order chi connectivity index (χ1) is 9.17. The van der Waals surface area contributed by atoms with E-state index in [0.717, 1.165) is 0 Å². The van der Waals surface area contributed by atoms with Gasteiger partial charge in [0.1, 0.15) is 0 Å². The number of benzene rings is 2. The molecule has 0 heterocycles. The van der Waals surface area contributed by atoms with Gasteiger partial charge in [0.2, 0.25) is 0 Å². The highest BCUT2D eigenvalue weighted by Crippen LogP contribution is 2.20. The van der Waals surface area contributed by atoms with Gasteiger partial charge in [-0.2, -0.15) is 0 Å². The van der Waals surface area contributed by atoms with Crippen molar-refractivity contribution >= 4 is 0 Å². The zero-order chi connectivity index (χ0) is 14.7. The van der Waals surface area contributed by atoms with Crippen LogP contribution in [-0.4, -0.2) is 0 Å². The van der Waals surface area contributed by atoms with Crippen molar-refractivity contribution in [2.75, 3.05) is 0 Å². The van der Waals surface area contributed by atoms with Gasteiger partial charge in [0, 0.05) is 0 Å². The standard InChI is InChI=1S/C14H14.C3H6.C2H6/c1-11-5-3-7-13(9-11)14-8-4-6-12(2)10-14;1-3-2;1-2/h3-10H,1-2H3;3H,1H2,2H3;1-2H3. The van der Waals surface area contributed by atoms with Gasteiger partial charge in [-0.15, -0.1) is 6.58 Å². The zero-order valence-corrected chi connectivity index (χ0v) is 12.9. The highest BCUT2D eigenvalue weighted by molar-refractivity contribution is 5.64. The first kappa shape index (κ1) is 17.2. The lowest BCUT2D eigenvalue weighted by Gasteiger charge is -2.03. The lowest BCUT2D eigenvalue weighted by Crippen LogP contribution is -1.80.